The smallest absolute Gasteiger partial charge is 0.321 e. The van der Waals surface area contributed by atoms with Gasteiger partial charge in [0.1, 0.15) is 5.69 Å². The molecule has 2 atom stereocenters. The number of para-hydroxylation sites is 1. The van der Waals surface area contributed by atoms with E-state index in [9.17, 15) is 9.59 Å². The van der Waals surface area contributed by atoms with Crippen molar-refractivity contribution in [2.24, 2.45) is 5.92 Å². The number of likely N-dealkylation sites (tertiary alicyclic amines) is 2. The maximum atomic E-state index is 12.3. The van der Waals surface area contributed by atoms with Crippen LogP contribution in [-0.2, 0) is 0 Å². The van der Waals surface area contributed by atoms with Crippen LogP contribution in [0.15, 0.2) is 41.2 Å². The molecule has 118 valence electrons. The number of rotatable bonds is 2. The van der Waals surface area contributed by atoms with Gasteiger partial charge < -0.3 is 15.1 Å². The predicted molar refractivity (Wildman–Crippen MR) is 87.5 cm³/mol. The molecule has 0 saturated carbocycles. The fraction of sp³-hybridized carbons (Fsp3) is 0.312. The zero-order valence-electron chi connectivity index (χ0n) is 12.4. The van der Waals surface area contributed by atoms with Gasteiger partial charge in [-0.05, 0) is 12.1 Å². The molecule has 4 rings (SSSR count). The van der Waals surface area contributed by atoms with Crippen molar-refractivity contribution in [3.8, 4) is 0 Å². The number of hydrogen-bond donors (Lipinski definition) is 1. The lowest BCUT2D eigenvalue weighted by atomic mass is 9.92. The second kappa shape index (κ2) is 5.66. The van der Waals surface area contributed by atoms with E-state index >= 15 is 0 Å². The van der Waals surface area contributed by atoms with E-state index < -0.39 is 0 Å². The highest BCUT2D eigenvalue weighted by molar-refractivity contribution is 7.07. The van der Waals surface area contributed by atoms with Crippen molar-refractivity contribution in [2.75, 3.05) is 25.0 Å². The normalized spacial score (nSPS) is 22.4. The molecular formula is C16H16N4O2S. The third kappa shape index (κ3) is 2.57. The fourth-order valence-electron chi connectivity index (χ4n) is 3.23. The molecule has 3 heterocycles. The van der Waals surface area contributed by atoms with E-state index in [1.807, 2.05) is 35.2 Å². The number of anilines is 1. The number of fused-ring (bicyclic) bond motifs is 1. The standard InChI is InChI=1S/C16H16N4O2S/c21-15(13-9-23-10-17-13)20-7-11-6-19(8-14(11)20)16(22)18-12-4-2-1-3-5-12/h1-5,9-11,14H,6-8H2,(H,18,22)/t11-,14-/m0/s1. The van der Waals surface area contributed by atoms with E-state index in [0.717, 1.165) is 5.69 Å². The van der Waals surface area contributed by atoms with Crippen molar-refractivity contribution in [3.05, 3.63) is 46.9 Å². The van der Waals surface area contributed by atoms with Gasteiger partial charge in [0, 0.05) is 36.6 Å². The van der Waals surface area contributed by atoms with Crippen molar-refractivity contribution in [2.45, 2.75) is 6.04 Å². The molecule has 0 unspecified atom stereocenters. The van der Waals surface area contributed by atoms with Gasteiger partial charge in [0.25, 0.3) is 5.91 Å². The number of carbonyl (C=O) groups excluding carboxylic acids is 2. The molecule has 6 nitrogen and oxygen atoms in total. The monoisotopic (exact) mass is 328 g/mol. The summed E-state index contributed by atoms with van der Waals surface area (Å²) < 4.78 is 0. The van der Waals surface area contributed by atoms with Crippen molar-refractivity contribution >= 4 is 29.0 Å². The minimum atomic E-state index is -0.105. The van der Waals surface area contributed by atoms with Crippen LogP contribution in [0.2, 0.25) is 0 Å². The lowest BCUT2D eigenvalue weighted by molar-refractivity contribution is 0.0322. The minimum absolute atomic E-state index is 0.0298. The number of amides is 3. The van der Waals surface area contributed by atoms with Gasteiger partial charge in [-0.15, -0.1) is 11.3 Å². The molecule has 1 aromatic heterocycles. The van der Waals surface area contributed by atoms with Crippen LogP contribution in [0.4, 0.5) is 10.5 Å². The van der Waals surface area contributed by atoms with E-state index in [4.69, 9.17) is 0 Å². The Labute approximate surface area is 137 Å². The molecule has 2 aliphatic heterocycles. The topological polar surface area (TPSA) is 65.5 Å². The Bertz CT molecular complexity index is 719. The number of urea groups is 1. The Morgan fingerprint density at radius 1 is 1.17 bits per heavy atom. The number of aromatic nitrogens is 1. The van der Waals surface area contributed by atoms with E-state index in [0.29, 0.717) is 31.2 Å². The van der Waals surface area contributed by atoms with Gasteiger partial charge in [-0.2, -0.15) is 0 Å². The Morgan fingerprint density at radius 3 is 2.74 bits per heavy atom. The van der Waals surface area contributed by atoms with E-state index in [1.165, 1.54) is 11.3 Å². The molecule has 7 heteroatoms. The summed E-state index contributed by atoms with van der Waals surface area (Å²) >= 11 is 1.42. The first-order valence-corrected chi connectivity index (χ1v) is 8.47. The molecule has 0 radical (unpaired) electrons. The SMILES string of the molecule is O=C(Nc1ccccc1)N1C[C@H]2CN(C(=O)c3cscn3)[C@H]2C1. The number of hydrogen-bond acceptors (Lipinski definition) is 4. The largest absolute Gasteiger partial charge is 0.332 e. The van der Waals surface area contributed by atoms with Gasteiger partial charge in [-0.25, -0.2) is 9.78 Å². The summed E-state index contributed by atoms with van der Waals surface area (Å²) in [7, 11) is 0. The van der Waals surface area contributed by atoms with Crippen LogP contribution >= 0.6 is 11.3 Å². The average molecular weight is 328 g/mol. The number of thiazole rings is 1. The Kier molecular flexibility index (Phi) is 3.49. The second-order valence-corrected chi connectivity index (χ2v) is 6.58. The Hall–Kier alpha value is -2.41. The first kappa shape index (κ1) is 14.2. The summed E-state index contributed by atoms with van der Waals surface area (Å²) in [5.41, 5.74) is 2.95. The third-order valence-electron chi connectivity index (χ3n) is 4.46. The third-order valence-corrected chi connectivity index (χ3v) is 5.05. The van der Waals surface area contributed by atoms with Crippen LogP contribution in [0.5, 0.6) is 0 Å². The highest BCUT2D eigenvalue weighted by Crippen LogP contribution is 2.33. The predicted octanol–water partition coefficient (Wildman–Crippen LogP) is 2.13. The van der Waals surface area contributed by atoms with Crippen molar-refractivity contribution < 1.29 is 9.59 Å². The van der Waals surface area contributed by atoms with Crippen molar-refractivity contribution in [1.82, 2.24) is 14.8 Å². The minimum Gasteiger partial charge on any atom is -0.332 e. The van der Waals surface area contributed by atoms with Crippen LogP contribution < -0.4 is 5.32 Å². The Balaban J connectivity index is 1.38. The molecule has 0 aliphatic carbocycles. The van der Waals surface area contributed by atoms with Gasteiger partial charge in [0.15, 0.2) is 0 Å². The van der Waals surface area contributed by atoms with Crippen LogP contribution in [0.25, 0.3) is 0 Å². The lowest BCUT2D eigenvalue weighted by Gasteiger charge is -2.42. The molecule has 3 amide bonds. The van der Waals surface area contributed by atoms with Crippen LogP contribution in [0.1, 0.15) is 10.5 Å². The molecule has 2 fully saturated rings. The molecule has 23 heavy (non-hydrogen) atoms. The molecule has 0 bridgehead atoms. The number of nitrogens with zero attached hydrogens (tertiary/aromatic N) is 3. The lowest BCUT2D eigenvalue weighted by Crippen LogP contribution is -2.58. The number of nitrogens with one attached hydrogen (secondary N) is 1. The van der Waals surface area contributed by atoms with Crippen LogP contribution in [0.3, 0.4) is 0 Å². The van der Waals surface area contributed by atoms with Gasteiger partial charge in [-0.1, -0.05) is 18.2 Å². The zero-order chi connectivity index (χ0) is 15.8. The first-order valence-electron chi connectivity index (χ1n) is 7.52. The summed E-state index contributed by atoms with van der Waals surface area (Å²) in [6.07, 6.45) is 0. The maximum Gasteiger partial charge on any atom is 0.321 e. The second-order valence-electron chi connectivity index (χ2n) is 5.86. The fourth-order valence-corrected chi connectivity index (χ4v) is 3.75. The molecular weight excluding hydrogens is 312 g/mol. The summed E-state index contributed by atoms with van der Waals surface area (Å²) in [5.74, 6) is 0.344. The van der Waals surface area contributed by atoms with E-state index in [2.05, 4.69) is 10.3 Å². The summed E-state index contributed by atoms with van der Waals surface area (Å²) in [6.45, 7) is 1.99. The van der Waals surface area contributed by atoms with Crippen molar-refractivity contribution in [1.29, 1.82) is 0 Å². The van der Waals surface area contributed by atoms with Gasteiger partial charge in [0.05, 0.1) is 11.6 Å². The average Bonchev–Trinajstić information content (AvgIpc) is 3.17. The molecule has 1 aromatic carbocycles. The van der Waals surface area contributed by atoms with Crippen LogP contribution in [-0.4, -0.2) is 52.4 Å². The van der Waals surface area contributed by atoms with Crippen molar-refractivity contribution in [3.63, 3.8) is 0 Å². The highest BCUT2D eigenvalue weighted by atomic mass is 32.1. The maximum absolute atomic E-state index is 12.3. The molecule has 0 spiro atoms. The van der Waals surface area contributed by atoms with E-state index in [-0.39, 0.29) is 18.0 Å². The molecule has 1 N–H and O–H groups in total. The van der Waals surface area contributed by atoms with Crippen LogP contribution in [0, 0.1) is 5.92 Å². The van der Waals surface area contributed by atoms with E-state index in [1.54, 1.807) is 15.8 Å². The molecule has 2 saturated heterocycles. The summed E-state index contributed by atoms with van der Waals surface area (Å²) in [5, 5.41) is 4.67. The summed E-state index contributed by atoms with van der Waals surface area (Å²) in [4.78, 5) is 32.4. The van der Waals surface area contributed by atoms with Gasteiger partial charge >= 0.3 is 6.03 Å². The van der Waals surface area contributed by atoms with Gasteiger partial charge in [0.2, 0.25) is 0 Å². The zero-order valence-corrected chi connectivity index (χ0v) is 13.2. The molecule has 2 aliphatic rings. The highest BCUT2D eigenvalue weighted by Gasteiger charge is 2.49. The Morgan fingerprint density at radius 2 is 2.00 bits per heavy atom. The number of benzene rings is 1. The summed E-state index contributed by atoms with van der Waals surface area (Å²) in [6, 6.07) is 9.42. The first-order chi connectivity index (χ1) is 11.2. The number of carbonyl (C=O) groups is 2. The quantitative estimate of drug-likeness (QED) is 0.918. The van der Waals surface area contributed by atoms with Gasteiger partial charge in [-0.3, -0.25) is 4.79 Å². The molecule has 2 aromatic rings.